The van der Waals surface area contributed by atoms with Crippen LogP contribution in [-0.4, -0.2) is 9.97 Å². The summed E-state index contributed by atoms with van der Waals surface area (Å²) in [7, 11) is 0. The van der Waals surface area contributed by atoms with Crippen LogP contribution >= 0.6 is 0 Å². The summed E-state index contributed by atoms with van der Waals surface area (Å²) >= 11 is 0. The average molecular weight is 290 g/mol. The third kappa shape index (κ3) is 2.25. The van der Waals surface area contributed by atoms with E-state index in [1.807, 2.05) is 18.3 Å². The molecule has 2 aromatic heterocycles. The molecule has 0 unspecified atom stereocenters. The fourth-order valence-corrected chi connectivity index (χ4v) is 2.90. The molecule has 1 aliphatic carbocycles. The molecule has 0 radical (unpaired) electrons. The first-order valence-corrected chi connectivity index (χ1v) is 7.41. The second kappa shape index (κ2) is 5.26. The second-order valence-corrected chi connectivity index (χ2v) is 5.47. The van der Waals surface area contributed by atoms with Crippen molar-refractivity contribution < 1.29 is 4.39 Å². The van der Waals surface area contributed by atoms with Crippen LogP contribution in [0.2, 0.25) is 0 Å². The minimum Gasteiger partial charge on any atom is -0.354 e. The van der Waals surface area contributed by atoms with Crippen LogP contribution in [0.3, 0.4) is 0 Å². The Bertz CT molecular complexity index is 944. The number of hydrogen-bond acceptors (Lipinski definition) is 1. The standard InChI is InChI=1S/C19H15FN2/c20-15-4-2-1-3-13(5-7-15)14-6-8-16-17-12-21-10-9-18(17)22-19(16)11-14/h3-12,22H,1-2H2/b7-5-,13-3-,15-4+. The summed E-state index contributed by atoms with van der Waals surface area (Å²) in [5, 5.41) is 2.29. The predicted octanol–water partition coefficient (Wildman–Crippen LogP) is 5.30. The smallest absolute Gasteiger partial charge is 0.119 e. The molecule has 0 saturated carbocycles. The Morgan fingerprint density at radius 3 is 2.82 bits per heavy atom. The maximum absolute atomic E-state index is 13.4. The Morgan fingerprint density at radius 1 is 0.955 bits per heavy atom. The first kappa shape index (κ1) is 13.0. The van der Waals surface area contributed by atoms with Gasteiger partial charge in [-0.1, -0.05) is 24.3 Å². The number of allylic oxidation sites excluding steroid dienone is 6. The van der Waals surface area contributed by atoms with E-state index in [1.54, 1.807) is 12.3 Å². The van der Waals surface area contributed by atoms with Crippen LogP contribution in [-0.2, 0) is 0 Å². The van der Waals surface area contributed by atoms with Crippen molar-refractivity contribution in [2.45, 2.75) is 12.8 Å². The van der Waals surface area contributed by atoms with E-state index in [9.17, 15) is 4.39 Å². The van der Waals surface area contributed by atoms with E-state index < -0.39 is 0 Å². The highest BCUT2D eigenvalue weighted by atomic mass is 19.1. The van der Waals surface area contributed by atoms with Gasteiger partial charge in [0.1, 0.15) is 5.83 Å². The highest BCUT2D eigenvalue weighted by molar-refractivity contribution is 6.07. The molecule has 0 aliphatic heterocycles. The Balaban J connectivity index is 1.84. The third-order valence-corrected chi connectivity index (χ3v) is 4.03. The van der Waals surface area contributed by atoms with Crippen LogP contribution in [0, 0.1) is 0 Å². The van der Waals surface area contributed by atoms with Crippen LogP contribution < -0.4 is 0 Å². The molecule has 0 fully saturated rings. The zero-order chi connectivity index (χ0) is 14.9. The molecule has 108 valence electrons. The zero-order valence-corrected chi connectivity index (χ0v) is 12.0. The molecular formula is C19H15FN2. The largest absolute Gasteiger partial charge is 0.354 e. The lowest BCUT2D eigenvalue weighted by molar-refractivity contribution is 0.659. The summed E-state index contributed by atoms with van der Waals surface area (Å²) in [5.74, 6) is -0.164. The number of nitrogens with zero attached hydrogens (tertiary/aromatic N) is 1. The monoisotopic (exact) mass is 290 g/mol. The summed E-state index contributed by atoms with van der Waals surface area (Å²) in [6, 6.07) is 8.28. The number of aromatic amines is 1. The van der Waals surface area contributed by atoms with Crippen molar-refractivity contribution in [3.63, 3.8) is 0 Å². The lowest BCUT2D eigenvalue weighted by Crippen LogP contribution is -1.85. The number of H-pyrrole nitrogens is 1. The van der Waals surface area contributed by atoms with Gasteiger partial charge >= 0.3 is 0 Å². The number of rotatable bonds is 1. The van der Waals surface area contributed by atoms with E-state index in [1.165, 1.54) is 6.08 Å². The SMILES string of the molecule is FC1=C/CC/C=C(c2ccc3c(c2)[nH]c2ccncc23)/C=C\1. The number of halogens is 1. The lowest BCUT2D eigenvalue weighted by Gasteiger charge is -2.05. The molecular weight excluding hydrogens is 275 g/mol. The van der Waals surface area contributed by atoms with Crippen LogP contribution in [0.25, 0.3) is 27.4 Å². The van der Waals surface area contributed by atoms with Gasteiger partial charge in [-0.25, -0.2) is 4.39 Å². The lowest BCUT2D eigenvalue weighted by atomic mass is 10.0. The number of fused-ring (bicyclic) bond motifs is 3. The molecule has 3 heteroatoms. The molecule has 1 aliphatic rings. The van der Waals surface area contributed by atoms with Crippen molar-refractivity contribution in [3.8, 4) is 0 Å². The Labute approximate surface area is 127 Å². The first-order chi connectivity index (χ1) is 10.8. The highest BCUT2D eigenvalue weighted by Gasteiger charge is 2.07. The topological polar surface area (TPSA) is 28.7 Å². The number of aromatic nitrogens is 2. The fourth-order valence-electron chi connectivity index (χ4n) is 2.90. The molecule has 22 heavy (non-hydrogen) atoms. The van der Waals surface area contributed by atoms with Gasteiger partial charge in [0, 0.05) is 34.2 Å². The van der Waals surface area contributed by atoms with E-state index in [2.05, 4.69) is 34.2 Å². The van der Waals surface area contributed by atoms with Crippen molar-refractivity contribution in [1.82, 2.24) is 9.97 Å². The molecule has 0 spiro atoms. The molecule has 1 N–H and O–H groups in total. The molecule has 0 bridgehead atoms. The molecule has 1 aromatic carbocycles. The summed E-state index contributed by atoms with van der Waals surface area (Å²) in [6.07, 6.45) is 12.4. The van der Waals surface area contributed by atoms with Crippen molar-refractivity contribution in [1.29, 1.82) is 0 Å². The Morgan fingerprint density at radius 2 is 1.86 bits per heavy atom. The highest BCUT2D eigenvalue weighted by Crippen LogP contribution is 2.28. The third-order valence-electron chi connectivity index (χ3n) is 4.03. The van der Waals surface area contributed by atoms with E-state index >= 15 is 0 Å². The van der Waals surface area contributed by atoms with E-state index in [-0.39, 0.29) is 5.83 Å². The summed E-state index contributed by atoms with van der Waals surface area (Å²) in [6.45, 7) is 0. The van der Waals surface area contributed by atoms with Gasteiger partial charge in [0.15, 0.2) is 0 Å². The normalized spacial score (nSPS) is 21.7. The van der Waals surface area contributed by atoms with Crippen molar-refractivity contribution >= 4 is 27.4 Å². The van der Waals surface area contributed by atoms with Gasteiger partial charge in [-0.15, -0.1) is 0 Å². The van der Waals surface area contributed by atoms with E-state index in [0.29, 0.717) is 0 Å². The summed E-state index contributed by atoms with van der Waals surface area (Å²) < 4.78 is 13.4. The van der Waals surface area contributed by atoms with Gasteiger partial charge < -0.3 is 4.98 Å². The zero-order valence-electron chi connectivity index (χ0n) is 12.0. The fraction of sp³-hybridized carbons (Fsp3) is 0.105. The van der Waals surface area contributed by atoms with Gasteiger partial charge in [-0.3, -0.25) is 4.98 Å². The molecule has 2 heterocycles. The van der Waals surface area contributed by atoms with Gasteiger partial charge in [0.05, 0.1) is 0 Å². The maximum atomic E-state index is 13.4. The van der Waals surface area contributed by atoms with E-state index in [4.69, 9.17) is 0 Å². The molecule has 0 amide bonds. The van der Waals surface area contributed by atoms with Crippen molar-refractivity contribution in [2.24, 2.45) is 0 Å². The molecule has 4 rings (SSSR count). The summed E-state index contributed by atoms with van der Waals surface area (Å²) in [4.78, 5) is 7.61. The predicted molar refractivity (Wildman–Crippen MR) is 89.1 cm³/mol. The van der Waals surface area contributed by atoms with Gasteiger partial charge in [-0.2, -0.15) is 0 Å². The molecule has 3 aromatic rings. The van der Waals surface area contributed by atoms with Crippen LogP contribution in [0.4, 0.5) is 4.39 Å². The number of nitrogens with one attached hydrogen (secondary N) is 1. The average Bonchev–Trinajstić information content (AvgIpc) is 2.89. The van der Waals surface area contributed by atoms with Crippen LogP contribution in [0.15, 0.2) is 66.8 Å². The quantitative estimate of drug-likeness (QED) is 0.647. The van der Waals surface area contributed by atoms with Crippen molar-refractivity contribution in [2.75, 3.05) is 0 Å². The molecule has 0 saturated heterocycles. The minimum atomic E-state index is -0.164. The van der Waals surface area contributed by atoms with Crippen LogP contribution in [0.1, 0.15) is 18.4 Å². The van der Waals surface area contributed by atoms with Crippen molar-refractivity contribution in [3.05, 3.63) is 72.4 Å². The summed E-state index contributed by atoms with van der Waals surface area (Å²) in [5.41, 5.74) is 4.31. The number of benzene rings is 1. The minimum absolute atomic E-state index is 0.164. The van der Waals surface area contributed by atoms with Gasteiger partial charge in [0.2, 0.25) is 0 Å². The Hall–Kier alpha value is -2.68. The molecule has 2 nitrogen and oxygen atoms in total. The van der Waals surface area contributed by atoms with Gasteiger partial charge in [-0.05, 0) is 48.3 Å². The van der Waals surface area contributed by atoms with Crippen LogP contribution in [0.5, 0.6) is 0 Å². The second-order valence-electron chi connectivity index (χ2n) is 5.47. The number of hydrogen-bond donors (Lipinski definition) is 1. The number of pyridine rings is 1. The Kier molecular flexibility index (Phi) is 3.11. The van der Waals surface area contributed by atoms with E-state index in [0.717, 1.165) is 45.8 Å². The first-order valence-electron chi connectivity index (χ1n) is 7.41. The van der Waals surface area contributed by atoms with Gasteiger partial charge in [0.25, 0.3) is 0 Å². The molecule has 0 atom stereocenters. The maximum Gasteiger partial charge on any atom is 0.119 e.